The lowest BCUT2D eigenvalue weighted by molar-refractivity contribution is -0.123. The van der Waals surface area contributed by atoms with E-state index in [2.05, 4.69) is 20.6 Å². The van der Waals surface area contributed by atoms with Gasteiger partial charge in [-0.15, -0.1) is 0 Å². The molecule has 6 amide bonds. The quantitative estimate of drug-likeness (QED) is 0.0474. The first-order valence-corrected chi connectivity index (χ1v) is 20.0. The fraction of sp³-hybridized carbons (Fsp3) is 0.550. The standard InChI is InChI=1S/C40H62N12O4/c41-37(42)47-33-17-13-31(14-18-33)25-45-39(55)49-21-23-51(29-53)35(27-49)11-9-7-5-3-1-2-4-6-8-10-12-36-28-50(22-24-52(36)30-54)40(56)46-26-32-15-19-34(20-16-32)48-38(43)44/h13-20,29-30,35-36H,1-12,21-28H2,(H,45,55)(H,46,56)(H4,41,42,47)(H4,43,44,48). The zero-order chi connectivity index (χ0) is 40.1. The third-order valence-electron chi connectivity index (χ3n) is 10.5. The Morgan fingerprint density at radius 2 is 0.893 bits per heavy atom. The first-order chi connectivity index (χ1) is 27.1. The molecule has 2 saturated heterocycles. The fourth-order valence-corrected chi connectivity index (χ4v) is 7.33. The number of hydrogen-bond donors (Lipinski definition) is 6. The number of urea groups is 2. The Morgan fingerprint density at radius 3 is 1.21 bits per heavy atom. The molecule has 10 N–H and O–H groups in total. The number of nitrogens with one attached hydrogen (secondary N) is 2. The van der Waals surface area contributed by atoms with Crippen molar-refractivity contribution in [3.63, 3.8) is 0 Å². The van der Waals surface area contributed by atoms with Crippen molar-refractivity contribution in [2.45, 2.75) is 102 Å². The summed E-state index contributed by atoms with van der Waals surface area (Å²) in [5.74, 6) is -0.00495. The molecule has 2 unspecified atom stereocenters. The fourth-order valence-electron chi connectivity index (χ4n) is 7.33. The zero-order valence-electron chi connectivity index (χ0n) is 32.7. The number of nitrogens with zero attached hydrogens (tertiary/aromatic N) is 6. The van der Waals surface area contributed by atoms with Crippen molar-refractivity contribution in [2.24, 2.45) is 32.9 Å². The Kier molecular flexibility index (Phi) is 18.0. The van der Waals surface area contributed by atoms with Gasteiger partial charge in [-0.1, -0.05) is 88.5 Å². The number of guanidine groups is 2. The Balaban J connectivity index is 1.02. The molecule has 4 rings (SSSR count). The van der Waals surface area contributed by atoms with Crippen molar-refractivity contribution in [3.8, 4) is 0 Å². The van der Waals surface area contributed by atoms with Gasteiger partial charge in [0, 0.05) is 64.4 Å². The average molecular weight is 775 g/mol. The number of aliphatic imine (C=N–C) groups is 2. The number of amides is 6. The molecular formula is C40H62N12O4. The lowest BCUT2D eigenvalue weighted by atomic mass is 10.0. The Bertz CT molecular complexity index is 1460. The molecule has 56 heavy (non-hydrogen) atoms. The second kappa shape index (κ2) is 23.4. The molecule has 2 aromatic rings. The van der Waals surface area contributed by atoms with Crippen molar-refractivity contribution in [2.75, 3.05) is 39.3 Å². The average Bonchev–Trinajstić information content (AvgIpc) is 3.19. The summed E-state index contributed by atoms with van der Waals surface area (Å²) >= 11 is 0. The van der Waals surface area contributed by atoms with Crippen molar-refractivity contribution in [3.05, 3.63) is 59.7 Å². The first kappa shape index (κ1) is 43.2. The highest BCUT2D eigenvalue weighted by Gasteiger charge is 2.29. The molecule has 0 spiro atoms. The van der Waals surface area contributed by atoms with Gasteiger partial charge < -0.3 is 53.2 Å². The van der Waals surface area contributed by atoms with Gasteiger partial charge in [0.05, 0.1) is 11.4 Å². The minimum atomic E-state index is -0.126. The van der Waals surface area contributed by atoms with Crippen molar-refractivity contribution >= 4 is 48.2 Å². The van der Waals surface area contributed by atoms with E-state index in [1.54, 1.807) is 24.3 Å². The van der Waals surface area contributed by atoms with Crippen LogP contribution in [-0.2, 0) is 22.7 Å². The van der Waals surface area contributed by atoms with Crippen LogP contribution in [0.25, 0.3) is 0 Å². The van der Waals surface area contributed by atoms with E-state index in [0.717, 1.165) is 62.5 Å². The van der Waals surface area contributed by atoms with Crippen LogP contribution in [-0.4, -0.2) is 108 Å². The smallest absolute Gasteiger partial charge is 0.317 e. The summed E-state index contributed by atoms with van der Waals surface area (Å²) in [6, 6.07) is 14.5. The van der Waals surface area contributed by atoms with Gasteiger partial charge in [0.2, 0.25) is 12.8 Å². The van der Waals surface area contributed by atoms with Crippen molar-refractivity contribution in [1.82, 2.24) is 30.2 Å². The summed E-state index contributed by atoms with van der Waals surface area (Å²) in [6.45, 7) is 3.98. The van der Waals surface area contributed by atoms with Gasteiger partial charge in [-0.2, -0.15) is 0 Å². The lowest BCUT2D eigenvalue weighted by Crippen LogP contribution is -2.56. The van der Waals surface area contributed by atoms with Crippen LogP contribution >= 0.6 is 0 Å². The number of nitrogens with two attached hydrogens (primary N) is 4. The number of piperazine rings is 2. The maximum Gasteiger partial charge on any atom is 0.317 e. The molecule has 306 valence electrons. The summed E-state index contributed by atoms with van der Waals surface area (Å²) in [6.07, 6.45) is 15.0. The lowest BCUT2D eigenvalue weighted by Gasteiger charge is -2.39. The van der Waals surface area contributed by atoms with Gasteiger partial charge >= 0.3 is 12.1 Å². The van der Waals surface area contributed by atoms with E-state index < -0.39 is 0 Å². The van der Waals surface area contributed by atoms with Gasteiger partial charge in [0.15, 0.2) is 11.9 Å². The molecule has 2 heterocycles. The molecule has 2 aliphatic rings. The molecule has 2 aromatic carbocycles. The monoisotopic (exact) mass is 775 g/mol. The van der Waals surface area contributed by atoms with Crippen LogP contribution < -0.4 is 33.6 Å². The zero-order valence-corrected chi connectivity index (χ0v) is 32.7. The second-order valence-corrected chi connectivity index (χ2v) is 14.7. The Morgan fingerprint density at radius 1 is 0.554 bits per heavy atom. The van der Waals surface area contributed by atoms with Crippen LogP contribution in [0.3, 0.4) is 0 Å². The topological polar surface area (TPSA) is 234 Å². The van der Waals surface area contributed by atoms with E-state index in [-0.39, 0.29) is 36.1 Å². The minimum absolute atomic E-state index is 0.00248. The van der Waals surface area contributed by atoms with Crippen LogP contribution in [0.1, 0.15) is 88.2 Å². The highest BCUT2D eigenvalue weighted by Crippen LogP contribution is 2.20. The van der Waals surface area contributed by atoms with Crippen LogP contribution in [0, 0.1) is 0 Å². The number of unbranched alkanes of at least 4 members (excludes halogenated alkanes) is 9. The third-order valence-corrected chi connectivity index (χ3v) is 10.5. The molecule has 0 aromatic heterocycles. The molecule has 16 nitrogen and oxygen atoms in total. The molecular weight excluding hydrogens is 713 g/mol. The largest absolute Gasteiger partial charge is 0.370 e. The number of hydrogen-bond acceptors (Lipinski definition) is 6. The van der Waals surface area contributed by atoms with Gasteiger partial charge in [0.1, 0.15) is 0 Å². The predicted octanol–water partition coefficient (Wildman–Crippen LogP) is 3.58. The van der Waals surface area contributed by atoms with Gasteiger partial charge in [-0.3, -0.25) is 9.59 Å². The molecule has 0 bridgehead atoms. The van der Waals surface area contributed by atoms with Gasteiger partial charge in [0.25, 0.3) is 0 Å². The van der Waals surface area contributed by atoms with Crippen LogP contribution in [0.4, 0.5) is 21.0 Å². The summed E-state index contributed by atoms with van der Waals surface area (Å²) in [5, 5.41) is 5.98. The summed E-state index contributed by atoms with van der Waals surface area (Å²) in [4.78, 5) is 64.6. The number of benzene rings is 2. The predicted molar refractivity (Wildman–Crippen MR) is 220 cm³/mol. The van der Waals surface area contributed by atoms with E-state index in [1.165, 1.54) is 38.5 Å². The van der Waals surface area contributed by atoms with Gasteiger partial charge in [-0.25, -0.2) is 19.6 Å². The van der Waals surface area contributed by atoms with Crippen LogP contribution in [0.15, 0.2) is 58.5 Å². The van der Waals surface area contributed by atoms with E-state index in [9.17, 15) is 19.2 Å². The highest BCUT2D eigenvalue weighted by atomic mass is 16.2. The van der Waals surface area contributed by atoms with E-state index in [1.807, 2.05) is 43.9 Å². The SMILES string of the molecule is NC(N)=Nc1ccc(CNC(=O)N2CCN(C=O)C(CCCCCCCCCCCCC3CN(C(=O)NCc4ccc(N=C(N)N)cc4)CCN3C=O)C2)cc1. The maximum absolute atomic E-state index is 12.9. The summed E-state index contributed by atoms with van der Waals surface area (Å²) in [7, 11) is 0. The van der Waals surface area contributed by atoms with E-state index >= 15 is 0 Å². The van der Waals surface area contributed by atoms with E-state index in [4.69, 9.17) is 22.9 Å². The second-order valence-electron chi connectivity index (χ2n) is 14.7. The molecule has 16 heteroatoms. The number of carbonyl (C=O) groups is 4. The molecule has 0 aliphatic carbocycles. The molecule has 2 atom stereocenters. The molecule has 2 fully saturated rings. The highest BCUT2D eigenvalue weighted by molar-refractivity contribution is 5.79. The summed E-state index contributed by atoms with van der Waals surface area (Å²) < 4.78 is 0. The minimum Gasteiger partial charge on any atom is -0.370 e. The van der Waals surface area contributed by atoms with E-state index in [0.29, 0.717) is 63.7 Å². The molecule has 0 radical (unpaired) electrons. The third kappa shape index (κ3) is 14.9. The Labute approximate surface area is 331 Å². The summed E-state index contributed by atoms with van der Waals surface area (Å²) in [5.41, 5.74) is 24.9. The number of carbonyl (C=O) groups excluding carboxylic acids is 4. The van der Waals surface area contributed by atoms with Crippen LogP contribution in [0.2, 0.25) is 0 Å². The van der Waals surface area contributed by atoms with Gasteiger partial charge in [-0.05, 0) is 48.2 Å². The van der Waals surface area contributed by atoms with Crippen molar-refractivity contribution < 1.29 is 19.2 Å². The first-order valence-electron chi connectivity index (χ1n) is 20.0. The Hall–Kier alpha value is -5.54. The molecule has 2 aliphatic heterocycles. The normalized spacial score (nSPS) is 16.9. The number of rotatable bonds is 21. The van der Waals surface area contributed by atoms with Crippen LogP contribution in [0.5, 0.6) is 0 Å². The maximum atomic E-state index is 12.9. The molecule has 0 saturated carbocycles. The van der Waals surface area contributed by atoms with Crippen molar-refractivity contribution in [1.29, 1.82) is 0 Å².